The molecular weight excluding hydrogens is 420 g/mol. The summed E-state index contributed by atoms with van der Waals surface area (Å²) < 4.78 is 38.5. The number of sulfone groups is 1. The molecule has 0 atom stereocenters. The summed E-state index contributed by atoms with van der Waals surface area (Å²) >= 11 is 14.8. The third-order valence-electron chi connectivity index (χ3n) is 2.78. The van der Waals surface area contributed by atoms with Gasteiger partial charge in [-0.3, -0.25) is 4.79 Å². The first-order chi connectivity index (χ1) is 10.2. The zero-order valence-corrected chi connectivity index (χ0v) is 14.5. The molecule has 2 N–H and O–H groups in total. The Morgan fingerprint density at radius 1 is 1.18 bits per heavy atom. The van der Waals surface area contributed by atoms with Crippen LogP contribution < -0.4 is 5.73 Å². The minimum Gasteiger partial charge on any atom is -0.366 e. The van der Waals surface area contributed by atoms with Crippen molar-refractivity contribution in [2.45, 2.75) is 9.79 Å². The van der Waals surface area contributed by atoms with Crippen molar-refractivity contribution in [1.29, 1.82) is 0 Å². The van der Waals surface area contributed by atoms with Crippen molar-refractivity contribution in [3.63, 3.8) is 0 Å². The fraction of sp³-hybridized carbons (Fsp3) is 0. The molecule has 2 aromatic rings. The molecule has 0 heterocycles. The van der Waals surface area contributed by atoms with E-state index in [0.717, 1.165) is 18.2 Å². The second-order valence-electron chi connectivity index (χ2n) is 4.18. The van der Waals surface area contributed by atoms with Crippen LogP contribution in [0.5, 0.6) is 0 Å². The van der Waals surface area contributed by atoms with Crippen molar-refractivity contribution in [2.24, 2.45) is 5.73 Å². The average molecular weight is 427 g/mol. The van der Waals surface area contributed by atoms with Crippen LogP contribution in [-0.2, 0) is 9.84 Å². The highest BCUT2D eigenvalue weighted by Gasteiger charge is 2.27. The van der Waals surface area contributed by atoms with Gasteiger partial charge in [0.1, 0.15) is 10.7 Å². The molecule has 0 aliphatic rings. The minimum absolute atomic E-state index is 0.0353. The van der Waals surface area contributed by atoms with E-state index in [2.05, 4.69) is 15.9 Å². The molecule has 0 aliphatic heterocycles. The normalized spacial score (nSPS) is 11.5. The molecule has 22 heavy (non-hydrogen) atoms. The summed E-state index contributed by atoms with van der Waals surface area (Å²) in [6, 6.07) is 5.57. The first-order valence-corrected chi connectivity index (χ1v) is 8.67. The van der Waals surface area contributed by atoms with Gasteiger partial charge in [-0.1, -0.05) is 23.2 Å². The number of hydrogen-bond acceptors (Lipinski definition) is 3. The highest BCUT2D eigenvalue weighted by molar-refractivity contribution is 9.10. The maximum absolute atomic E-state index is 13.3. The van der Waals surface area contributed by atoms with E-state index in [0.29, 0.717) is 0 Å². The van der Waals surface area contributed by atoms with Crippen LogP contribution in [0, 0.1) is 5.82 Å². The van der Waals surface area contributed by atoms with Crippen LogP contribution in [0.15, 0.2) is 44.6 Å². The summed E-state index contributed by atoms with van der Waals surface area (Å²) in [6.07, 6.45) is 0. The van der Waals surface area contributed by atoms with Gasteiger partial charge in [-0.15, -0.1) is 0 Å². The monoisotopic (exact) mass is 425 g/mol. The van der Waals surface area contributed by atoms with Crippen LogP contribution in [0.2, 0.25) is 10.0 Å². The van der Waals surface area contributed by atoms with E-state index >= 15 is 0 Å². The summed E-state index contributed by atoms with van der Waals surface area (Å²) in [5.74, 6) is -1.51. The van der Waals surface area contributed by atoms with E-state index < -0.39 is 26.5 Å². The Labute approximate surface area is 144 Å². The van der Waals surface area contributed by atoms with E-state index in [1.807, 2.05) is 0 Å². The van der Waals surface area contributed by atoms with Gasteiger partial charge in [-0.2, -0.15) is 0 Å². The number of primary amides is 1. The number of carbonyl (C=O) groups excluding carboxylic acids is 1. The maximum Gasteiger partial charge on any atom is 0.250 e. The number of hydrogen-bond donors (Lipinski definition) is 1. The largest absolute Gasteiger partial charge is 0.366 e. The second-order valence-corrected chi connectivity index (χ2v) is 7.71. The number of halogens is 4. The molecule has 0 spiro atoms. The van der Waals surface area contributed by atoms with Crippen LogP contribution in [0.4, 0.5) is 4.39 Å². The maximum atomic E-state index is 13.3. The predicted octanol–water partition coefficient (Wildman–Crippen LogP) is 3.83. The fourth-order valence-corrected chi connectivity index (χ4v) is 4.76. The Morgan fingerprint density at radius 3 is 2.36 bits per heavy atom. The number of amides is 1. The van der Waals surface area contributed by atoms with Crippen molar-refractivity contribution >= 4 is 54.9 Å². The molecule has 1 amide bonds. The molecule has 9 heteroatoms. The molecule has 0 unspecified atom stereocenters. The molecule has 2 aromatic carbocycles. The van der Waals surface area contributed by atoms with Gasteiger partial charge >= 0.3 is 0 Å². The summed E-state index contributed by atoms with van der Waals surface area (Å²) in [4.78, 5) is 10.6. The van der Waals surface area contributed by atoms with Gasteiger partial charge in [0.25, 0.3) is 0 Å². The zero-order chi connectivity index (χ0) is 16.7. The molecular formula is C13H7BrCl2FNO3S. The second kappa shape index (κ2) is 6.16. The quantitative estimate of drug-likeness (QED) is 0.757. The number of benzene rings is 2. The van der Waals surface area contributed by atoms with E-state index in [1.165, 1.54) is 12.1 Å². The van der Waals surface area contributed by atoms with Gasteiger partial charge in [-0.05, 0) is 46.3 Å². The van der Waals surface area contributed by atoms with Crippen molar-refractivity contribution < 1.29 is 17.6 Å². The SMILES string of the molecule is NC(=O)c1ccc(Cl)c(S(=O)(=O)c2ccc(F)c(Br)c2)c1Cl. The highest BCUT2D eigenvalue weighted by Crippen LogP contribution is 2.36. The summed E-state index contributed by atoms with van der Waals surface area (Å²) in [6.45, 7) is 0. The van der Waals surface area contributed by atoms with Crippen molar-refractivity contribution in [1.82, 2.24) is 0 Å². The predicted molar refractivity (Wildman–Crippen MR) is 84.5 cm³/mol. The summed E-state index contributed by atoms with van der Waals surface area (Å²) in [5, 5.41) is -0.545. The molecule has 0 bridgehead atoms. The van der Waals surface area contributed by atoms with Crippen molar-refractivity contribution in [3.05, 3.63) is 56.2 Å². The average Bonchev–Trinajstić information content (AvgIpc) is 2.41. The highest BCUT2D eigenvalue weighted by atomic mass is 79.9. The topological polar surface area (TPSA) is 77.2 Å². The van der Waals surface area contributed by atoms with E-state index in [9.17, 15) is 17.6 Å². The molecule has 0 saturated carbocycles. The standard InChI is InChI=1S/C13H7BrCl2FNO3S/c14-8-5-6(1-4-10(8)17)22(20,21)12-9(15)3-2-7(11(12)16)13(18)19/h1-5H,(H2,18,19). The van der Waals surface area contributed by atoms with Crippen LogP contribution in [-0.4, -0.2) is 14.3 Å². The molecule has 0 aromatic heterocycles. The van der Waals surface area contributed by atoms with Gasteiger partial charge in [0.2, 0.25) is 15.7 Å². The van der Waals surface area contributed by atoms with Gasteiger partial charge in [0, 0.05) is 0 Å². The number of nitrogens with two attached hydrogens (primary N) is 1. The number of rotatable bonds is 3. The van der Waals surface area contributed by atoms with Crippen molar-refractivity contribution in [2.75, 3.05) is 0 Å². The Hall–Kier alpha value is -1.15. The molecule has 116 valence electrons. The summed E-state index contributed by atoms with van der Waals surface area (Å²) in [5.41, 5.74) is 4.97. The Bertz CT molecular complexity index is 887. The van der Waals surface area contributed by atoms with Crippen molar-refractivity contribution in [3.8, 4) is 0 Å². The molecule has 0 aliphatic carbocycles. The van der Waals surface area contributed by atoms with E-state index in [4.69, 9.17) is 28.9 Å². The molecule has 4 nitrogen and oxygen atoms in total. The number of carbonyl (C=O) groups is 1. The van der Waals surface area contributed by atoms with Gasteiger partial charge in [0.05, 0.1) is 25.0 Å². The lowest BCUT2D eigenvalue weighted by Gasteiger charge is -2.11. The third-order valence-corrected chi connectivity index (χ3v) is 6.16. The fourth-order valence-electron chi connectivity index (χ4n) is 1.73. The Kier molecular flexibility index (Phi) is 4.81. The van der Waals surface area contributed by atoms with Crippen LogP contribution >= 0.6 is 39.1 Å². The van der Waals surface area contributed by atoms with Gasteiger partial charge < -0.3 is 5.73 Å². The summed E-state index contributed by atoms with van der Waals surface area (Å²) in [7, 11) is -4.16. The molecule has 2 rings (SSSR count). The zero-order valence-electron chi connectivity index (χ0n) is 10.6. The van der Waals surface area contributed by atoms with Gasteiger partial charge in [0.15, 0.2) is 0 Å². The minimum atomic E-state index is -4.16. The van der Waals surface area contributed by atoms with E-state index in [-0.39, 0.29) is 25.0 Å². The van der Waals surface area contributed by atoms with E-state index in [1.54, 1.807) is 0 Å². The Morgan fingerprint density at radius 2 is 1.82 bits per heavy atom. The Balaban J connectivity index is 2.76. The molecule has 0 radical (unpaired) electrons. The van der Waals surface area contributed by atoms with Crippen LogP contribution in [0.3, 0.4) is 0 Å². The first-order valence-electron chi connectivity index (χ1n) is 5.64. The molecule has 0 saturated heterocycles. The third kappa shape index (κ3) is 2.99. The van der Waals surface area contributed by atoms with Gasteiger partial charge in [-0.25, -0.2) is 12.8 Å². The first kappa shape index (κ1) is 17.2. The molecule has 0 fully saturated rings. The smallest absolute Gasteiger partial charge is 0.250 e. The lowest BCUT2D eigenvalue weighted by molar-refractivity contribution is 0.1000. The lowest BCUT2D eigenvalue weighted by Crippen LogP contribution is -2.14. The van der Waals surface area contributed by atoms with Crippen LogP contribution in [0.25, 0.3) is 0 Å². The van der Waals surface area contributed by atoms with Crippen LogP contribution in [0.1, 0.15) is 10.4 Å². The lowest BCUT2D eigenvalue weighted by atomic mass is 10.2.